The Balaban J connectivity index is 1.51. The summed E-state index contributed by atoms with van der Waals surface area (Å²) >= 11 is 2.87. The van der Waals surface area contributed by atoms with Crippen molar-refractivity contribution in [2.45, 2.75) is 40.5 Å². The number of benzene rings is 1. The summed E-state index contributed by atoms with van der Waals surface area (Å²) in [5.41, 5.74) is 1.02. The normalized spacial score (nSPS) is 17.8. The van der Waals surface area contributed by atoms with E-state index in [2.05, 4.69) is 14.9 Å². The van der Waals surface area contributed by atoms with Gasteiger partial charge in [-0.25, -0.2) is 18.4 Å². The van der Waals surface area contributed by atoms with Crippen LogP contribution in [0.5, 0.6) is 0 Å². The SMILES string of the molecule is CN1CCN(S(=O)(=O)c2ccc(Sc3ncnc4sc5c(c34)CCCC5)c([N+](=O)[O-])c2)CC1. The van der Waals surface area contributed by atoms with Crippen molar-refractivity contribution in [3.05, 3.63) is 45.1 Å². The average molecular weight is 506 g/mol. The average Bonchev–Trinajstić information content (AvgIpc) is 3.19. The van der Waals surface area contributed by atoms with Gasteiger partial charge in [0.05, 0.1) is 14.7 Å². The summed E-state index contributed by atoms with van der Waals surface area (Å²) in [6, 6.07) is 4.17. The molecule has 0 radical (unpaired) electrons. The van der Waals surface area contributed by atoms with E-state index < -0.39 is 14.9 Å². The zero-order valence-corrected chi connectivity index (χ0v) is 20.5. The van der Waals surface area contributed by atoms with E-state index in [9.17, 15) is 18.5 Å². The Hall–Kier alpha value is -2.12. The number of piperazine rings is 1. The van der Waals surface area contributed by atoms with Gasteiger partial charge in [0.1, 0.15) is 16.2 Å². The van der Waals surface area contributed by atoms with Crippen molar-refractivity contribution in [2.24, 2.45) is 0 Å². The number of hydrogen-bond donors (Lipinski definition) is 0. The van der Waals surface area contributed by atoms with E-state index in [-0.39, 0.29) is 10.6 Å². The first kappa shape index (κ1) is 22.7. The Morgan fingerprint density at radius 1 is 1.12 bits per heavy atom. The predicted octanol–water partition coefficient (Wildman–Crippen LogP) is 3.57. The fourth-order valence-electron chi connectivity index (χ4n) is 4.31. The van der Waals surface area contributed by atoms with Gasteiger partial charge in [-0.2, -0.15) is 4.31 Å². The van der Waals surface area contributed by atoms with Crippen LogP contribution in [0, 0.1) is 10.1 Å². The molecule has 3 aromatic rings. The van der Waals surface area contributed by atoms with E-state index in [4.69, 9.17) is 0 Å². The Morgan fingerprint density at radius 2 is 1.88 bits per heavy atom. The van der Waals surface area contributed by atoms with E-state index in [1.54, 1.807) is 11.3 Å². The molecule has 0 atom stereocenters. The minimum Gasteiger partial charge on any atom is -0.304 e. The molecule has 1 aliphatic carbocycles. The van der Waals surface area contributed by atoms with E-state index >= 15 is 0 Å². The fourth-order valence-corrected chi connectivity index (χ4v) is 8.05. The molecule has 0 unspecified atom stereocenters. The largest absolute Gasteiger partial charge is 0.304 e. The quantitative estimate of drug-likeness (QED) is 0.294. The first-order chi connectivity index (χ1) is 15.8. The molecule has 9 nitrogen and oxygen atoms in total. The summed E-state index contributed by atoms with van der Waals surface area (Å²) in [4.78, 5) is 24.8. The van der Waals surface area contributed by atoms with Gasteiger partial charge in [0.2, 0.25) is 10.0 Å². The summed E-state index contributed by atoms with van der Waals surface area (Å²) in [7, 11) is -1.86. The molecular formula is C21H23N5O4S3. The van der Waals surface area contributed by atoms with E-state index in [0.29, 0.717) is 36.1 Å². The lowest BCUT2D eigenvalue weighted by molar-refractivity contribution is -0.388. The predicted molar refractivity (Wildman–Crippen MR) is 128 cm³/mol. The highest BCUT2D eigenvalue weighted by Gasteiger charge is 2.30. The van der Waals surface area contributed by atoms with Crippen molar-refractivity contribution in [1.29, 1.82) is 0 Å². The highest BCUT2D eigenvalue weighted by Crippen LogP contribution is 2.43. The summed E-state index contributed by atoms with van der Waals surface area (Å²) < 4.78 is 27.6. The van der Waals surface area contributed by atoms with Gasteiger partial charge in [-0.05, 0) is 50.4 Å². The molecule has 12 heteroatoms. The van der Waals surface area contributed by atoms with Crippen LogP contribution in [0.1, 0.15) is 23.3 Å². The van der Waals surface area contributed by atoms with Gasteiger partial charge in [0.15, 0.2) is 0 Å². The maximum absolute atomic E-state index is 13.1. The number of aryl methyl sites for hydroxylation is 2. The highest BCUT2D eigenvalue weighted by molar-refractivity contribution is 7.99. The second kappa shape index (κ2) is 8.91. The number of thiophene rings is 1. The lowest BCUT2D eigenvalue weighted by Crippen LogP contribution is -2.47. The molecule has 0 bridgehead atoms. The van der Waals surface area contributed by atoms with E-state index in [1.165, 1.54) is 51.0 Å². The summed E-state index contributed by atoms with van der Waals surface area (Å²) in [6.07, 6.45) is 5.74. The zero-order valence-electron chi connectivity index (χ0n) is 18.1. The van der Waals surface area contributed by atoms with Crippen molar-refractivity contribution >= 4 is 49.0 Å². The van der Waals surface area contributed by atoms with Crippen molar-refractivity contribution < 1.29 is 13.3 Å². The van der Waals surface area contributed by atoms with Crippen LogP contribution in [0.3, 0.4) is 0 Å². The molecule has 33 heavy (non-hydrogen) atoms. The lowest BCUT2D eigenvalue weighted by atomic mass is 9.97. The standard InChI is InChI=1S/C21H23N5O4S3/c1-24-8-10-25(11-9-24)33(29,30)14-6-7-18(16(12-14)26(27)28)32-21-19-15-4-2-3-5-17(15)31-20(19)22-13-23-21/h6-7,12-13H,2-5,8-11H2,1H3. The van der Waals surface area contributed by atoms with Gasteiger partial charge < -0.3 is 4.90 Å². The molecule has 5 rings (SSSR count). The van der Waals surface area contributed by atoms with Crippen molar-refractivity contribution in [3.8, 4) is 0 Å². The van der Waals surface area contributed by atoms with Gasteiger partial charge in [0.25, 0.3) is 5.69 Å². The third-order valence-corrected chi connectivity index (χ3v) is 10.3. The Kier molecular flexibility index (Phi) is 6.12. The molecular weight excluding hydrogens is 482 g/mol. The molecule has 0 N–H and O–H groups in total. The number of nitrogens with zero attached hydrogens (tertiary/aromatic N) is 5. The maximum Gasteiger partial charge on any atom is 0.284 e. The molecule has 0 amide bonds. The molecule has 3 heterocycles. The number of likely N-dealkylation sites (N-methyl/N-ethyl adjacent to an activating group) is 1. The minimum atomic E-state index is -3.80. The summed E-state index contributed by atoms with van der Waals surface area (Å²) in [6.45, 7) is 1.99. The second-order valence-electron chi connectivity index (χ2n) is 8.27. The van der Waals surface area contributed by atoms with E-state index in [1.807, 2.05) is 7.05 Å². The number of nitro groups is 1. The van der Waals surface area contributed by atoms with Gasteiger partial charge in [-0.1, -0.05) is 11.8 Å². The van der Waals surface area contributed by atoms with Gasteiger partial charge in [-0.15, -0.1) is 11.3 Å². The van der Waals surface area contributed by atoms with Gasteiger partial charge >= 0.3 is 0 Å². The van der Waals surface area contributed by atoms with Gasteiger partial charge in [-0.3, -0.25) is 10.1 Å². The summed E-state index contributed by atoms with van der Waals surface area (Å²) in [5, 5.41) is 13.6. The van der Waals surface area contributed by atoms with Crippen LogP contribution in [0.25, 0.3) is 10.2 Å². The molecule has 1 aliphatic heterocycles. The summed E-state index contributed by atoms with van der Waals surface area (Å²) in [5.74, 6) is 0. The van der Waals surface area contributed by atoms with Crippen molar-refractivity contribution in [1.82, 2.24) is 19.2 Å². The van der Waals surface area contributed by atoms with Gasteiger partial charge in [0, 0.05) is 42.5 Å². The molecule has 1 aromatic carbocycles. The Morgan fingerprint density at radius 3 is 2.64 bits per heavy atom. The number of sulfonamides is 1. The first-order valence-corrected chi connectivity index (χ1v) is 13.8. The zero-order chi connectivity index (χ0) is 23.2. The van der Waals surface area contributed by atoms with Crippen LogP contribution >= 0.6 is 23.1 Å². The van der Waals surface area contributed by atoms with Crippen LogP contribution in [-0.4, -0.2) is 65.7 Å². The van der Waals surface area contributed by atoms with Crippen LogP contribution in [0.2, 0.25) is 0 Å². The topological polar surface area (TPSA) is 110 Å². The molecule has 174 valence electrons. The smallest absolute Gasteiger partial charge is 0.284 e. The second-order valence-corrected chi connectivity index (χ2v) is 12.3. The van der Waals surface area contributed by atoms with Crippen LogP contribution in [0.15, 0.2) is 39.3 Å². The number of nitro benzene ring substituents is 1. The molecule has 2 aliphatic rings. The lowest BCUT2D eigenvalue weighted by Gasteiger charge is -2.31. The van der Waals surface area contributed by atoms with Crippen molar-refractivity contribution in [2.75, 3.05) is 33.2 Å². The van der Waals surface area contributed by atoms with Crippen molar-refractivity contribution in [3.63, 3.8) is 0 Å². The molecule has 2 aromatic heterocycles. The monoisotopic (exact) mass is 505 g/mol. The Labute approximate surface area is 200 Å². The Bertz CT molecular complexity index is 1330. The van der Waals surface area contributed by atoms with E-state index in [0.717, 1.165) is 35.9 Å². The number of hydrogen-bond acceptors (Lipinski definition) is 9. The third kappa shape index (κ3) is 4.26. The van der Waals surface area contributed by atoms with Crippen LogP contribution < -0.4 is 0 Å². The molecule has 1 fully saturated rings. The number of rotatable bonds is 5. The molecule has 1 saturated heterocycles. The highest BCUT2D eigenvalue weighted by atomic mass is 32.2. The van der Waals surface area contributed by atoms with Crippen LogP contribution in [0.4, 0.5) is 5.69 Å². The number of aromatic nitrogens is 2. The third-order valence-electron chi connectivity index (χ3n) is 6.15. The first-order valence-electron chi connectivity index (χ1n) is 10.7. The maximum atomic E-state index is 13.1. The number of fused-ring (bicyclic) bond motifs is 3. The minimum absolute atomic E-state index is 0.0520. The fraction of sp³-hybridized carbons (Fsp3) is 0.429. The molecule has 0 saturated carbocycles. The molecule has 0 spiro atoms. The van der Waals surface area contributed by atoms with Crippen LogP contribution in [-0.2, 0) is 22.9 Å².